The minimum absolute atomic E-state index is 0.301. The number of aliphatic hydroxyl groups is 1. The summed E-state index contributed by atoms with van der Waals surface area (Å²) in [6, 6.07) is 1.82. The number of allylic oxidation sites excluding steroid dienone is 2. The van der Waals surface area contributed by atoms with Gasteiger partial charge in [0.2, 0.25) is 0 Å². The van der Waals surface area contributed by atoms with Gasteiger partial charge in [-0.3, -0.25) is 0 Å². The van der Waals surface area contributed by atoms with E-state index in [0.717, 1.165) is 5.69 Å². The Morgan fingerprint density at radius 1 is 1.53 bits per heavy atom. The second kappa shape index (κ2) is 6.53. The molecule has 0 atom stereocenters. The second-order valence-electron chi connectivity index (χ2n) is 2.56. The van der Waals surface area contributed by atoms with Gasteiger partial charge in [-0.1, -0.05) is 13.8 Å². The standard InChI is InChI=1S/C8H12N4O.C2H6/c1-6-2-3-12(11-6)7(5-9)4-8(10)13;1-2/h2-5,13H,9-10H2,1H3;1-2H3/b7-5+,8-4+;. The summed E-state index contributed by atoms with van der Waals surface area (Å²) in [5, 5.41) is 12.9. The molecule has 0 saturated carbocycles. The van der Waals surface area contributed by atoms with Gasteiger partial charge in [0.25, 0.3) is 0 Å². The first-order valence-electron chi connectivity index (χ1n) is 4.74. The predicted octanol–water partition coefficient (Wildman–Crippen LogP) is 1.33. The first-order chi connectivity index (χ1) is 7.13. The minimum atomic E-state index is -0.301. The van der Waals surface area contributed by atoms with Crippen molar-refractivity contribution in [2.45, 2.75) is 20.8 Å². The second-order valence-corrected chi connectivity index (χ2v) is 2.56. The molecule has 1 heterocycles. The molecule has 0 bridgehead atoms. The summed E-state index contributed by atoms with van der Waals surface area (Å²) in [7, 11) is 0. The Labute approximate surface area is 89.7 Å². The molecular formula is C10H18N4O. The molecule has 5 heteroatoms. The number of hydrogen-bond donors (Lipinski definition) is 3. The van der Waals surface area contributed by atoms with Gasteiger partial charge in [0.15, 0.2) is 5.88 Å². The third-order valence-electron chi connectivity index (χ3n) is 1.45. The van der Waals surface area contributed by atoms with Crippen LogP contribution in [0.25, 0.3) is 5.70 Å². The van der Waals surface area contributed by atoms with Crippen molar-refractivity contribution in [2.24, 2.45) is 11.5 Å². The Morgan fingerprint density at radius 3 is 2.47 bits per heavy atom. The summed E-state index contributed by atoms with van der Waals surface area (Å²) in [6.07, 6.45) is 4.37. The molecule has 1 aromatic rings. The molecule has 0 saturated heterocycles. The van der Waals surface area contributed by atoms with Gasteiger partial charge in [-0.25, -0.2) is 4.68 Å². The Bertz CT molecular complexity index is 348. The predicted molar refractivity (Wildman–Crippen MR) is 61.7 cm³/mol. The first kappa shape index (κ1) is 13.1. The lowest BCUT2D eigenvalue weighted by molar-refractivity contribution is 0.406. The van der Waals surface area contributed by atoms with Gasteiger partial charge in [-0.05, 0) is 13.0 Å². The number of aliphatic hydroxyl groups excluding tert-OH is 1. The minimum Gasteiger partial charge on any atom is -0.495 e. The fourth-order valence-corrected chi connectivity index (χ4v) is 0.901. The van der Waals surface area contributed by atoms with Crippen molar-refractivity contribution in [1.82, 2.24) is 9.78 Å². The number of aryl methyl sites for hydroxylation is 1. The van der Waals surface area contributed by atoms with Crippen molar-refractivity contribution in [3.8, 4) is 0 Å². The highest BCUT2D eigenvalue weighted by molar-refractivity contribution is 5.55. The average molecular weight is 210 g/mol. The van der Waals surface area contributed by atoms with Crippen LogP contribution in [0.15, 0.2) is 30.4 Å². The molecule has 0 aromatic carbocycles. The van der Waals surface area contributed by atoms with E-state index in [1.807, 2.05) is 26.8 Å². The fraction of sp³-hybridized carbons (Fsp3) is 0.300. The topological polar surface area (TPSA) is 90.1 Å². The smallest absolute Gasteiger partial charge is 0.183 e. The van der Waals surface area contributed by atoms with E-state index in [2.05, 4.69) is 5.10 Å². The zero-order valence-electron chi connectivity index (χ0n) is 9.31. The Hall–Kier alpha value is -1.91. The molecule has 1 rings (SSSR count). The number of aromatic nitrogens is 2. The molecule has 0 aliphatic carbocycles. The quantitative estimate of drug-likeness (QED) is 0.507. The van der Waals surface area contributed by atoms with Crippen molar-refractivity contribution < 1.29 is 5.11 Å². The SMILES string of the molecule is CC.Cc1ccn(C(/C=C(\N)O)=C/N)n1. The zero-order chi connectivity index (χ0) is 11.8. The van der Waals surface area contributed by atoms with Crippen molar-refractivity contribution in [3.63, 3.8) is 0 Å². The van der Waals surface area contributed by atoms with E-state index in [1.54, 1.807) is 6.20 Å². The molecule has 0 aliphatic rings. The summed E-state index contributed by atoms with van der Waals surface area (Å²) in [5.74, 6) is -0.301. The van der Waals surface area contributed by atoms with Crippen molar-refractivity contribution in [2.75, 3.05) is 0 Å². The van der Waals surface area contributed by atoms with Gasteiger partial charge in [0.1, 0.15) is 0 Å². The molecule has 5 N–H and O–H groups in total. The van der Waals surface area contributed by atoms with Crippen LogP contribution in [0, 0.1) is 6.92 Å². The van der Waals surface area contributed by atoms with Crippen LogP contribution in [0.5, 0.6) is 0 Å². The largest absolute Gasteiger partial charge is 0.495 e. The number of nitrogens with two attached hydrogens (primary N) is 2. The Balaban J connectivity index is 0.000000921. The first-order valence-corrected chi connectivity index (χ1v) is 4.74. The van der Waals surface area contributed by atoms with E-state index in [-0.39, 0.29) is 5.88 Å². The molecule has 84 valence electrons. The van der Waals surface area contributed by atoms with E-state index < -0.39 is 0 Å². The summed E-state index contributed by atoms with van der Waals surface area (Å²) in [5.41, 5.74) is 11.8. The van der Waals surface area contributed by atoms with E-state index >= 15 is 0 Å². The molecule has 0 fully saturated rings. The Morgan fingerprint density at radius 2 is 2.13 bits per heavy atom. The third-order valence-corrected chi connectivity index (χ3v) is 1.45. The highest BCUT2D eigenvalue weighted by atomic mass is 16.3. The molecular weight excluding hydrogens is 192 g/mol. The highest BCUT2D eigenvalue weighted by Crippen LogP contribution is 2.05. The van der Waals surface area contributed by atoms with Gasteiger partial charge in [0.05, 0.1) is 11.4 Å². The van der Waals surface area contributed by atoms with Crippen LogP contribution in [0.4, 0.5) is 0 Å². The summed E-state index contributed by atoms with van der Waals surface area (Å²) in [4.78, 5) is 0. The lowest BCUT2D eigenvalue weighted by Crippen LogP contribution is -2.02. The van der Waals surface area contributed by atoms with E-state index in [9.17, 15) is 0 Å². The van der Waals surface area contributed by atoms with Crippen molar-refractivity contribution in [1.29, 1.82) is 0 Å². The molecule has 1 aromatic heterocycles. The van der Waals surface area contributed by atoms with Crippen LogP contribution < -0.4 is 11.5 Å². The van der Waals surface area contributed by atoms with Crippen molar-refractivity contribution >= 4 is 5.70 Å². The maximum atomic E-state index is 8.82. The summed E-state index contributed by atoms with van der Waals surface area (Å²) < 4.78 is 1.53. The molecule has 0 radical (unpaired) electrons. The number of nitrogens with zero attached hydrogens (tertiary/aromatic N) is 2. The van der Waals surface area contributed by atoms with Crippen molar-refractivity contribution in [3.05, 3.63) is 36.1 Å². The van der Waals surface area contributed by atoms with E-state index in [1.165, 1.54) is 17.0 Å². The van der Waals surface area contributed by atoms with Crippen LogP contribution >= 0.6 is 0 Å². The summed E-state index contributed by atoms with van der Waals surface area (Å²) in [6.45, 7) is 5.86. The van der Waals surface area contributed by atoms with Crippen LogP contribution in [0.1, 0.15) is 19.5 Å². The van der Waals surface area contributed by atoms with E-state index in [4.69, 9.17) is 16.6 Å². The monoisotopic (exact) mass is 210 g/mol. The molecule has 0 spiro atoms. The molecule has 5 nitrogen and oxygen atoms in total. The van der Waals surface area contributed by atoms with Gasteiger partial charge in [-0.15, -0.1) is 0 Å². The van der Waals surface area contributed by atoms with Gasteiger partial charge < -0.3 is 16.6 Å². The normalized spacial score (nSPS) is 11.9. The number of hydrogen-bond acceptors (Lipinski definition) is 4. The fourth-order valence-electron chi connectivity index (χ4n) is 0.901. The van der Waals surface area contributed by atoms with Gasteiger partial charge in [-0.2, -0.15) is 5.10 Å². The van der Waals surface area contributed by atoms with Crippen LogP contribution in [-0.2, 0) is 0 Å². The van der Waals surface area contributed by atoms with Gasteiger partial charge >= 0.3 is 0 Å². The average Bonchev–Trinajstić information content (AvgIpc) is 2.64. The third kappa shape index (κ3) is 4.21. The van der Waals surface area contributed by atoms with Crippen LogP contribution in [0.3, 0.4) is 0 Å². The molecule has 0 amide bonds. The maximum absolute atomic E-state index is 8.82. The lowest BCUT2D eigenvalue weighted by atomic mass is 10.4. The van der Waals surface area contributed by atoms with Crippen LogP contribution in [0.2, 0.25) is 0 Å². The maximum Gasteiger partial charge on any atom is 0.183 e. The summed E-state index contributed by atoms with van der Waals surface area (Å²) >= 11 is 0. The van der Waals surface area contributed by atoms with E-state index in [0.29, 0.717) is 5.70 Å². The lowest BCUT2D eigenvalue weighted by Gasteiger charge is -2.00. The molecule has 0 unspecified atom stereocenters. The van der Waals surface area contributed by atoms with Crippen LogP contribution in [-0.4, -0.2) is 14.9 Å². The number of rotatable bonds is 2. The Kier molecular flexibility index (Phi) is 5.70. The van der Waals surface area contributed by atoms with Gasteiger partial charge in [0, 0.05) is 18.5 Å². The zero-order valence-corrected chi connectivity index (χ0v) is 9.31. The molecule has 15 heavy (non-hydrogen) atoms. The molecule has 0 aliphatic heterocycles. The highest BCUT2D eigenvalue weighted by Gasteiger charge is 1.98.